The van der Waals surface area contributed by atoms with Crippen molar-refractivity contribution in [2.24, 2.45) is 0 Å². The highest BCUT2D eigenvalue weighted by atomic mass is 79.9. The molecule has 0 aliphatic carbocycles. The van der Waals surface area contributed by atoms with Crippen molar-refractivity contribution in [3.05, 3.63) is 58.6 Å². The molecular weight excluding hydrogens is 398 g/mol. The van der Waals surface area contributed by atoms with Gasteiger partial charge in [0.2, 0.25) is 0 Å². The predicted octanol–water partition coefficient (Wildman–Crippen LogP) is 4.55. The highest BCUT2D eigenvalue weighted by Crippen LogP contribution is 2.37. The smallest absolute Gasteiger partial charge is 0.262 e. The van der Waals surface area contributed by atoms with Crippen LogP contribution in [-0.4, -0.2) is 19.8 Å². The summed E-state index contributed by atoms with van der Waals surface area (Å²) >= 11 is 9.53. The molecule has 0 saturated heterocycles. The summed E-state index contributed by atoms with van der Waals surface area (Å²) in [7, 11) is -3.61. The lowest BCUT2D eigenvalue weighted by atomic mass is 9.99. The number of aryl methyl sites for hydroxylation is 2. The second kappa shape index (κ2) is 6.46. The first-order valence-electron chi connectivity index (χ1n) is 7.39. The van der Waals surface area contributed by atoms with E-state index < -0.39 is 10.0 Å². The zero-order chi connectivity index (χ0) is 16.6. The first-order valence-corrected chi connectivity index (χ1v) is 10.3. The van der Waals surface area contributed by atoms with Crippen LogP contribution in [0.1, 0.15) is 17.5 Å². The van der Waals surface area contributed by atoms with Crippen LogP contribution in [-0.2, 0) is 16.4 Å². The molecule has 0 fully saturated rings. The molecule has 23 heavy (non-hydrogen) atoms. The average Bonchev–Trinajstić information content (AvgIpc) is 2.53. The van der Waals surface area contributed by atoms with Crippen molar-refractivity contribution in [1.82, 2.24) is 0 Å². The summed E-state index contributed by atoms with van der Waals surface area (Å²) < 4.78 is 27.9. The van der Waals surface area contributed by atoms with E-state index >= 15 is 0 Å². The lowest BCUT2D eigenvalue weighted by Gasteiger charge is -2.37. The van der Waals surface area contributed by atoms with E-state index in [0.29, 0.717) is 15.2 Å². The number of benzene rings is 2. The normalized spacial score (nSPS) is 17.9. The Balaban J connectivity index is 2.14. The summed E-state index contributed by atoms with van der Waals surface area (Å²) in [6.07, 6.45) is 1.59. The molecule has 1 unspecified atom stereocenters. The number of sulfonamides is 1. The Morgan fingerprint density at radius 1 is 1.22 bits per heavy atom. The van der Waals surface area contributed by atoms with Crippen LogP contribution in [0.4, 0.5) is 5.69 Å². The molecule has 0 spiro atoms. The quantitative estimate of drug-likeness (QED) is 0.691. The zero-order valence-corrected chi connectivity index (χ0v) is 15.8. The van der Waals surface area contributed by atoms with Gasteiger partial charge in [0.05, 0.1) is 16.6 Å². The second-order valence-corrected chi connectivity index (χ2v) is 8.63. The largest absolute Gasteiger partial charge is 0.264 e. The molecule has 1 aliphatic rings. The minimum atomic E-state index is -3.61. The summed E-state index contributed by atoms with van der Waals surface area (Å²) in [5.74, 6) is 0. The Morgan fingerprint density at radius 2 is 1.91 bits per heavy atom. The fraction of sp³-hybridized carbons (Fsp3) is 0.294. The molecule has 0 aromatic heterocycles. The third-order valence-electron chi connectivity index (χ3n) is 4.11. The van der Waals surface area contributed by atoms with Crippen molar-refractivity contribution in [3.8, 4) is 0 Å². The highest BCUT2D eigenvalue weighted by molar-refractivity contribution is 9.09. The Labute approximate surface area is 150 Å². The summed E-state index contributed by atoms with van der Waals surface area (Å²) in [6, 6.07) is 12.3. The monoisotopic (exact) mass is 413 g/mol. The van der Waals surface area contributed by atoms with Gasteiger partial charge in [0, 0.05) is 10.4 Å². The Morgan fingerprint density at radius 3 is 2.57 bits per heavy atom. The van der Waals surface area contributed by atoms with Crippen LogP contribution in [0.25, 0.3) is 0 Å². The van der Waals surface area contributed by atoms with Crippen LogP contribution in [0.5, 0.6) is 0 Å². The lowest BCUT2D eigenvalue weighted by Crippen LogP contribution is -2.44. The van der Waals surface area contributed by atoms with E-state index in [1.807, 2.05) is 25.1 Å². The Hall–Kier alpha value is -1.04. The molecule has 2 aromatic rings. The molecule has 0 bridgehead atoms. The molecule has 2 aromatic carbocycles. The molecular formula is C17H17BrClNO2S. The summed E-state index contributed by atoms with van der Waals surface area (Å²) in [5, 5.41) is 1.23. The van der Waals surface area contributed by atoms with E-state index in [-0.39, 0.29) is 6.04 Å². The molecule has 0 N–H and O–H groups in total. The lowest BCUT2D eigenvalue weighted by molar-refractivity contribution is 0.566. The van der Waals surface area contributed by atoms with E-state index in [2.05, 4.69) is 15.9 Å². The van der Waals surface area contributed by atoms with Gasteiger partial charge >= 0.3 is 0 Å². The third-order valence-corrected chi connectivity index (χ3v) is 6.98. The van der Waals surface area contributed by atoms with Gasteiger partial charge in [0.1, 0.15) is 0 Å². The third kappa shape index (κ3) is 3.14. The van der Waals surface area contributed by atoms with E-state index in [9.17, 15) is 8.42 Å². The highest BCUT2D eigenvalue weighted by Gasteiger charge is 2.35. The van der Waals surface area contributed by atoms with Crippen LogP contribution >= 0.6 is 27.5 Å². The SMILES string of the molecule is Cc1ccc(S(=O)(=O)N2c3ccc(Cl)cc3CCC2CBr)cc1. The molecule has 6 heteroatoms. The van der Waals surface area contributed by atoms with Crippen LogP contribution < -0.4 is 4.31 Å². The maximum absolute atomic E-state index is 13.2. The topological polar surface area (TPSA) is 37.4 Å². The van der Waals surface area contributed by atoms with Crippen LogP contribution in [0.3, 0.4) is 0 Å². The number of alkyl halides is 1. The summed E-state index contributed by atoms with van der Waals surface area (Å²) in [4.78, 5) is 0.317. The van der Waals surface area contributed by atoms with Gasteiger partial charge in [-0.05, 0) is 55.7 Å². The molecule has 0 radical (unpaired) electrons. The number of rotatable bonds is 3. The minimum Gasteiger partial charge on any atom is -0.262 e. The van der Waals surface area contributed by atoms with Crippen LogP contribution in [0, 0.1) is 6.92 Å². The van der Waals surface area contributed by atoms with E-state index in [1.54, 1.807) is 28.6 Å². The van der Waals surface area contributed by atoms with Crippen molar-refractivity contribution in [3.63, 3.8) is 0 Å². The van der Waals surface area contributed by atoms with Crippen LogP contribution in [0.15, 0.2) is 47.4 Å². The molecule has 0 amide bonds. The van der Waals surface area contributed by atoms with E-state index in [1.165, 1.54) is 0 Å². The number of hydrogen-bond acceptors (Lipinski definition) is 2. The van der Waals surface area contributed by atoms with Crippen molar-refractivity contribution in [2.45, 2.75) is 30.7 Å². The van der Waals surface area contributed by atoms with Gasteiger partial charge < -0.3 is 0 Å². The van der Waals surface area contributed by atoms with Crippen molar-refractivity contribution in [2.75, 3.05) is 9.64 Å². The maximum atomic E-state index is 13.2. The van der Waals surface area contributed by atoms with Gasteiger partial charge in [0.25, 0.3) is 10.0 Å². The molecule has 122 valence electrons. The molecule has 0 saturated carbocycles. The summed E-state index contributed by atoms with van der Waals surface area (Å²) in [6.45, 7) is 1.94. The maximum Gasteiger partial charge on any atom is 0.264 e. The second-order valence-electron chi connectivity index (χ2n) is 5.73. The number of halogens is 2. The van der Waals surface area contributed by atoms with Gasteiger partial charge in [-0.3, -0.25) is 4.31 Å². The van der Waals surface area contributed by atoms with Crippen molar-refractivity contribution in [1.29, 1.82) is 0 Å². The number of nitrogens with zero attached hydrogens (tertiary/aromatic N) is 1. The first kappa shape index (κ1) is 16.8. The molecule has 3 nitrogen and oxygen atoms in total. The predicted molar refractivity (Wildman–Crippen MR) is 98.2 cm³/mol. The Bertz CT molecular complexity index is 821. The van der Waals surface area contributed by atoms with Gasteiger partial charge in [-0.25, -0.2) is 8.42 Å². The molecule has 3 rings (SSSR count). The van der Waals surface area contributed by atoms with Gasteiger partial charge in [-0.2, -0.15) is 0 Å². The summed E-state index contributed by atoms with van der Waals surface area (Å²) in [5.41, 5.74) is 2.74. The Kier molecular flexibility index (Phi) is 4.72. The average molecular weight is 415 g/mol. The van der Waals surface area contributed by atoms with Gasteiger partial charge in [-0.1, -0.05) is 45.2 Å². The van der Waals surface area contributed by atoms with E-state index in [0.717, 1.165) is 29.7 Å². The van der Waals surface area contributed by atoms with Crippen molar-refractivity contribution < 1.29 is 8.42 Å². The van der Waals surface area contributed by atoms with E-state index in [4.69, 9.17) is 11.6 Å². The zero-order valence-electron chi connectivity index (χ0n) is 12.7. The number of hydrogen-bond donors (Lipinski definition) is 0. The molecule has 1 aliphatic heterocycles. The minimum absolute atomic E-state index is 0.102. The van der Waals surface area contributed by atoms with Gasteiger partial charge in [0.15, 0.2) is 0 Å². The first-order chi connectivity index (χ1) is 10.9. The number of anilines is 1. The fourth-order valence-corrected chi connectivity index (χ4v) is 5.61. The molecule has 1 atom stereocenters. The number of fused-ring (bicyclic) bond motifs is 1. The van der Waals surface area contributed by atoms with Crippen molar-refractivity contribution >= 4 is 43.2 Å². The van der Waals surface area contributed by atoms with Crippen LogP contribution in [0.2, 0.25) is 5.02 Å². The standard InChI is InChI=1S/C17H17BrClNO2S/c1-12-2-7-16(8-3-12)23(21,22)20-15(11-18)6-4-13-10-14(19)5-9-17(13)20/h2-3,5,7-10,15H,4,6,11H2,1H3. The fourth-order valence-electron chi connectivity index (χ4n) is 2.89. The molecule has 1 heterocycles. The van der Waals surface area contributed by atoms with Gasteiger partial charge in [-0.15, -0.1) is 0 Å².